The van der Waals surface area contributed by atoms with Gasteiger partial charge < -0.3 is 20.0 Å². The Morgan fingerprint density at radius 3 is 2.48 bits per heavy atom. The zero-order valence-electron chi connectivity index (χ0n) is 11.4. The standard InChI is InChI=1S/C13H16N4O2.2ClH/c14-9-12(18)16-5-7-17(8-6-16)13-15-10-3-1-2-4-11(10)19-13;;/h1-4H,5-9,14H2;2*1H. The van der Waals surface area contributed by atoms with Crippen molar-refractivity contribution in [2.75, 3.05) is 37.6 Å². The minimum absolute atomic E-state index is 0. The number of hydrogen-bond donors (Lipinski definition) is 1. The molecule has 3 rings (SSSR count). The highest BCUT2D eigenvalue weighted by Crippen LogP contribution is 2.22. The molecule has 6 nitrogen and oxygen atoms in total. The zero-order chi connectivity index (χ0) is 13.2. The number of benzene rings is 1. The van der Waals surface area contributed by atoms with E-state index in [0.29, 0.717) is 19.1 Å². The van der Waals surface area contributed by atoms with Gasteiger partial charge in [0.25, 0.3) is 6.01 Å². The predicted octanol–water partition coefficient (Wildman–Crippen LogP) is 1.28. The molecule has 2 aromatic rings. The van der Waals surface area contributed by atoms with Gasteiger partial charge in [0, 0.05) is 26.2 Å². The Hall–Kier alpha value is -1.50. The largest absolute Gasteiger partial charge is 0.423 e. The van der Waals surface area contributed by atoms with E-state index in [1.807, 2.05) is 24.3 Å². The maximum atomic E-state index is 11.5. The molecule has 1 aromatic heterocycles. The maximum Gasteiger partial charge on any atom is 0.298 e. The summed E-state index contributed by atoms with van der Waals surface area (Å²) in [4.78, 5) is 19.8. The molecule has 0 atom stereocenters. The summed E-state index contributed by atoms with van der Waals surface area (Å²) in [6.45, 7) is 2.84. The molecule has 8 heteroatoms. The van der Waals surface area contributed by atoms with E-state index in [1.54, 1.807) is 4.90 Å². The lowest BCUT2D eigenvalue weighted by Crippen LogP contribution is -2.50. The normalized spacial score (nSPS) is 14.5. The summed E-state index contributed by atoms with van der Waals surface area (Å²) >= 11 is 0. The molecule has 0 radical (unpaired) electrons. The van der Waals surface area contributed by atoms with Crippen molar-refractivity contribution in [3.63, 3.8) is 0 Å². The Morgan fingerprint density at radius 2 is 1.86 bits per heavy atom. The van der Waals surface area contributed by atoms with Crippen LogP contribution in [0.2, 0.25) is 0 Å². The van der Waals surface area contributed by atoms with Gasteiger partial charge in [-0.15, -0.1) is 24.8 Å². The van der Waals surface area contributed by atoms with Crippen molar-refractivity contribution < 1.29 is 9.21 Å². The average molecular weight is 333 g/mol. The van der Waals surface area contributed by atoms with E-state index in [2.05, 4.69) is 9.88 Å². The first kappa shape index (κ1) is 17.6. The second-order valence-electron chi connectivity index (χ2n) is 4.54. The van der Waals surface area contributed by atoms with E-state index >= 15 is 0 Å². The number of carbonyl (C=O) groups is 1. The van der Waals surface area contributed by atoms with Crippen molar-refractivity contribution in [3.8, 4) is 0 Å². The van der Waals surface area contributed by atoms with Crippen molar-refractivity contribution in [2.24, 2.45) is 5.73 Å². The van der Waals surface area contributed by atoms with Gasteiger partial charge in [-0.1, -0.05) is 12.1 Å². The van der Waals surface area contributed by atoms with E-state index in [-0.39, 0.29) is 37.3 Å². The van der Waals surface area contributed by atoms with Crippen LogP contribution in [0, 0.1) is 0 Å². The fraction of sp³-hybridized carbons (Fsp3) is 0.385. The molecule has 1 saturated heterocycles. The summed E-state index contributed by atoms with van der Waals surface area (Å²) in [6, 6.07) is 8.32. The monoisotopic (exact) mass is 332 g/mol. The van der Waals surface area contributed by atoms with Gasteiger partial charge in [0.1, 0.15) is 5.52 Å². The SMILES string of the molecule is Cl.Cl.NCC(=O)N1CCN(c2nc3ccccc3o2)CC1. The molecule has 1 amide bonds. The van der Waals surface area contributed by atoms with E-state index in [4.69, 9.17) is 10.2 Å². The lowest BCUT2D eigenvalue weighted by atomic mass is 10.3. The zero-order valence-corrected chi connectivity index (χ0v) is 13.0. The van der Waals surface area contributed by atoms with Gasteiger partial charge in [0.05, 0.1) is 6.54 Å². The number of rotatable bonds is 2. The van der Waals surface area contributed by atoms with Gasteiger partial charge in [0.2, 0.25) is 5.91 Å². The molecule has 1 aliphatic heterocycles. The molecule has 1 fully saturated rings. The Morgan fingerprint density at radius 1 is 1.19 bits per heavy atom. The van der Waals surface area contributed by atoms with E-state index in [0.717, 1.165) is 24.2 Å². The Bertz CT molecular complexity index is 564. The molecule has 0 spiro atoms. The van der Waals surface area contributed by atoms with Crippen LogP contribution in [-0.4, -0.2) is 48.5 Å². The Balaban J connectivity index is 0.00000110. The number of hydrogen-bond acceptors (Lipinski definition) is 5. The number of para-hydroxylation sites is 2. The number of anilines is 1. The van der Waals surface area contributed by atoms with Gasteiger partial charge in [-0.25, -0.2) is 0 Å². The smallest absolute Gasteiger partial charge is 0.298 e. The van der Waals surface area contributed by atoms with Crippen molar-refractivity contribution in [1.29, 1.82) is 0 Å². The predicted molar refractivity (Wildman–Crippen MR) is 86.4 cm³/mol. The van der Waals surface area contributed by atoms with Crippen molar-refractivity contribution in [1.82, 2.24) is 9.88 Å². The quantitative estimate of drug-likeness (QED) is 0.896. The molecule has 2 heterocycles. The van der Waals surface area contributed by atoms with E-state index in [1.165, 1.54) is 0 Å². The molecule has 2 N–H and O–H groups in total. The van der Waals surface area contributed by atoms with Crippen LogP contribution < -0.4 is 10.6 Å². The van der Waals surface area contributed by atoms with E-state index in [9.17, 15) is 4.79 Å². The highest BCUT2D eigenvalue weighted by molar-refractivity contribution is 5.85. The van der Waals surface area contributed by atoms with Crippen LogP contribution in [0.15, 0.2) is 28.7 Å². The summed E-state index contributed by atoms with van der Waals surface area (Å²) in [7, 11) is 0. The summed E-state index contributed by atoms with van der Waals surface area (Å²) in [5.41, 5.74) is 7.01. The minimum Gasteiger partial charge on any atom is -0.423 e. The molecular weight excluding hydrogens is 315 g/mol. The first-order valence-corrected chi connectivity index (χ1v) is 6.36. The number of nitrogens with zero attached hydrogens (tertiary/aromatic N) is 3. The minimum atomic E-state index is -0.00258. The number of amides is 1. The molecule has 0 unspecified atom stereocenters. The molecule has 21 heavy (non-hydrogen) atoms. The second kappa shape index (κ2) is 7.49. The molecular formula is C13H18Cl2N4O2. The molecule has 0 bridgehead atoms. The number of aromatic nitrogens is 1. The van der Waals surface area contributed by atoms with E-state index < -0.39 is 0 Å². The van der Waals surface area contributed by atoms with Gasteiger partial charge in [-0.3, -0.25) is 4.79 Å². The highest BCUT2D eigenvalue weighted by Gasteiger charge is 2.23. The number of oxazole rings is 1. The molecule has 116 valence electrons. The third-order valence-corrected chi connectivity index (χ3v) is 3.36. The number of piperazine rings is 1. The molecule has 0 saturated carbocycles. The maximum absolute atomic E-state index is 11.5. The fourth-order valence-electron chi connectivity index (χ4n) is 2.27. The average Bonchev–Trinajstić information content (AvgIpc) is 2.90. The van der Waals surface area contributed by atoms with Crippen LogP contribution >= 0.6 is 24.8 Å². The summed E-state index contributed by atoms with van der Waals surface area (Å²) in [5.74, 6) is -0.00258. The Labute approximate surface area is 135 Å². The number of nitrogens with two attached hydrogens (primary N) is 1. The highest BCUT2D eigenvalue weighted by atomic mass is 35.5. The van der Waals surface area contributed by atoms with Gasteiger partial charge in [0.15, 0.2) is 5.58 Å². The number of carbonyl (C=O) groups excluding carboxylic acids is 1. The molecule has 0 aliphatic carbocycles. The van der Waals surface area contributed by atoms with Crippen LogP contribution in [0.1, 0.15) is 0 Å². The molecule has 1 aromatic carbocycles. The van der Waals surface area contributed by atoms with Crippen LogP contribution in [0.5, 0.6) is 0 Å². The van der Waals surface area contributed by atoms with Gasteiger partial charge in [-0.2, -0.15) is 4.98 Å². The number of fused-ring (bicyclic) bond motifs is 1. The van der Waals surface area contributed by atoms with Gasteiger partial charge in [-0.05, 0) is 12.1 Å². The Kier molecular flexibility index (Phi) is 6.26. The summed E-state index contributed by atoms with van der Waals surface area (Å²) in [6.07, 6.45) is 0. The van der Waals surface area contributed by atoms with Crippen LogP contribution in [0.25, 0.3) is 11.1 Å². The fourth-order valence-corrected chi connectivity index (χ4v) is 2.27. The summed E-state index contributed by atoms with van der Waals surface area (Å²) in [5, 5.41) is 0. The second-order valence-corrected chi connectivity index (χ2v) is 4.54. The number of halogens is 2. The van der Waals surface area contributed by atoms with Crippen molar-refractivity contribution >= 4 is 47.8 Å². The summed E-state index contributed by atoms with van der Waals surface area (Å²) < 4.78 is 5.72. The third kappa shape index (κ3) is 3.58. The van der Waals surface area contributed by atoms with Gasteiger partial charge >= 0.3 is 0 Å². The topological polar surface area (TPSA) is 75.6 Å². The van der Waals surface area contributed by atoms with Crippen LogP contribution in [-0.2, 0) is 4.79 Å². The van der Waals surface area contributed by atoms with Crippen LogP contribution in [0.3, 0.4) is 0 Å². The van der Waals surface area contributed by atoms with Crippen molar-refractivity contribution in [3.05, 3.63) is 24.3 Å². The lowest BCUT2D eigenvalue weighted by molar-refractivity contribution is -0.129. The first-order chi connectivity index (χ1) is 9.28. The molecule has 1 aliphatic rings. The third-order valence-electron chi connectivity index (χ3n) is 3.36. The first-order valence-electron chi connectivity index (χ1n) is 6.36. The van der Waals surface area contributed by atoms with Crippen molar-refractivity contribution in [2.45, 2.75) is 0 Å². The lowest BCUT2D eigenvalue weighted by Gasteiger charge is -2.33. The van der Waals surface area contributed by atoms with Crippen LogP contribution in [0.4, 0.5) is 6.01 Å².